The molecule has 7 heteroatoms. The molecule has 5 N–H and O–H groups in total. The number of nitrogens with two attached hydrogens (primary N) is 1. The molecule has 0 heterocycles. The van der Waals surface area contributed by atoms with Crippen LogP contribution < -0.4 is 16.4 Å². The van der Waals surface area contributed by atoms with E-state index in [0.717, 1.165) is 6.42 Å². The quantitative estimate of drug-likeness (QED) is 0.493. The van der Waals surface area contributed by atoms with Crippen molar-refractivity contribution in [2.24, 2.45) is 17.6 Å². The van der Waals surface area contributed by atoms with E-state index in [1.165, 1.54) is 6.92 Å². The van der Waals surface area contributed by atoms with E-state index in [0.29, 0.717) is 6.42 Å². The first kappa shape index (κ1) is 20.4. The second kappa shape index (κ2) is 9.40. The smallest absolute Gasteiger partial charge is 0.326 e. The van der Waals surface area contributed by atoms with Crippen LogP contribution in [0, 0.1) is 11.8 Å². The normalized spacial score (nSPS) is 17.7. The predicted molar refractivity (Wildman–Crippen MR) is 84.1 cm³/mol. The highest BCUT2D eigenvalue weighted by molar-refractivity contribution is 5.91. The number of hydrogen-bond donors (Lipinski definition) is 4. The molecule has 0 radical (unpaired) electrons. The van der Waals surface area contributed by atoms with Crippen molar-refractivity contribution in [3.05, 3.63) is 0 Å². The van der Waals surface area contributed by atoms with Gasteiger partial charge in [-0.15, -0.1) is 0 Å². The summed E-state index contributed by atoms with van der Waals surface area (Å²) in [7, 11) is 0. The van der Waals surface area contributed by atoms with Gasteiger partial charge in [-0.05, 0) is 18.8 Å². The van der Waals surface area contributed by atoms with Crippen LogP contribution in [0.25, 0.3) is 0 Å². The number of amides is 2. The minimum atomic E-state index is -1.09. The Kier molecular flexibility index (Phi) is 8.70. The molecule has 2 amide bonds. The standard InChI is InChI=1S/C15H29N3O4/c1-6-8(3)11(16)14(20)17-10(5)13(19)18-12(15(21)22)9(4)7-2/h8-12H,6-7,16H2,1-5H3,(H,17,20)(H,18,19)(H,21,22)/t8-,9-,10-,11-,12-/m0/s1. The van der Waals surface area contributed by atoms with Gasteiger partial charge in [-0.1, -0.05) is 40.5 Å². The lowest BCUT2D eigenvalue weighted by Gasteiger charge is -2.24. The van der Waals surface area contributed by atoms with E-state index in [-0.39, 0.29) is 11.8 Å². The van der Waals surface area contributed by atoms with E-state index >= 15 is 0 Å². The molecule has 0 saturated carbocycles. The fourth-order valence-electron chi connectivity index (χ4n) is 1.85. The summed E-state index contributed by atoms with van der Waals surface area (Å²) in [6, 6.07) is -2.50. The molecule has 22 heavy (non-hydrogen) atoms. The second-order valence-electron chi connectivity index (χ2n) is 5.85. The summed E-state index contributed by atoms with van der Waals surface area (Å²) in [4.78, 5) is 35.2. The van der Waals surface area contributed by atoms with E-state index in [4.69, 9.17) is 10.8 Å². The first-order valence-electron chi connectivity index (χ1n) is 7.74. The fourth-order valence-corrected chi connectivity index (χ4v) is 1.85. The molecule has 5 atom stereocenters. The SMILES string of the molecule is CC[C@H](C)[C@H](N)C(=O)N[C@@H](C)C(=O)N[C@H](C(=O)O)[C@@H](C)CC. The third kappa shape index (κ3) is 6.01. The third-order valence-corrected chi connectivity index (χ3v) is 4.09. The Bertz CT molecular complexity index is 400. The molecule has 0 aromatic carbocycles. The summed E-state index contributed by atoms with van der Waals surface area (Å²) in [6.07, 6.45) is 1.38. The minimum absolute atomic E-state index is 0.00198. The Morgan fingerprint density at radius 1 is 0.955 bits per heavy atom. The Labute approximate surface area is 132 Å². The number of carbonyl (C=O) groups excluding carboxylic acids is 2. The molecule has 0 aromatic rings. The lowest BCUT2D eigenvalue weighted by molar-refractivity contribution is -0.143. The van der Waals surface area contributed by atoms with Gasteiger partial charge in [0.1, 0.15) is 12.1 Å². The molecule has 128 valence electrons. The van der Waals surface area contributed by atoms with Gasteiger partial charge in [0.15, 0.2) is 0 Å². The number of rotatable bonds is 9. The van der Waals surface area contributed by atoms with Crippen molar-refractivity contribution in [1.29, 1.82) is 0 Å². The van der Waals surface area contributed by atoms with Gasteiger partial charge in [0.05, 0.1) is 6.04 Å². The highest BCUT2D eigenvalue weighted by Gasteiger charge is 2.29. The summed E-state index contributed by atoms with van der Waals surface area (Å²) < 4.78 is 0. The molecule has 0 fully saturated rings. The number of carbonyl (C=O) groups is 3. The van der Waals surface area contributed by atoms with E-state index in [2.05, 4.69) is 10.6 Å². The van der Waals surface area contributed by atoms with Gasteiger partial charge in [-0.25, -0.2) is 4.79 Å². The molecule has 0 bridgehead atoms. The van der Waals surface area contributed by atoms with Crippen LogP contribution in [0.3, 0.4) is 0 Å². The molecule has 7 nitrogen and oxygen atoms in total. The van der Waals surface area contributed by atoms with Gasteiger partial charge < -0.3 is 21.5 Å². The van der Waals surface area contributed by atoms with Crippen molar-refractivity contribution in [3.8, 4) is 0 Å². The molecule has 0 aliphatic heterocycles. The number of hydrogen-bond acceptors (Lipinski definition) is 4. The van der Waals surface area contributed by atoms with Gasteiger partial charge in [-0.3, -0.25) is 9.59 Å². The fraction of sp³-hybridized carbons (Fsp3) is 0.800. The monoisotopic (exact) mass is 315 g/mol. The Balaban J connectivity index is 4.66. The van der Waals surface area contributed by atoms with Crippen LogP contribution in [0.5, 0.6) is 0 Å². The Morgan fingerprint density at radius 3 is 1.86 bits per heavy atom. The van der Waals surface area contributed by atoms with Crippen LogP contribution >= 0.6 is 0 Å². The first-order valence-corrected chi connectivity index (χ1v) is 7.74. The molecular formula is C15H29N3O4. The summed E-state index contributed by atoms with van der Waals surface area (Å²) in [6.45, 7) is 8.90. The molecule has 0 unspecified atom stereocenters. The second-order valence-corrected chi connectivity index (χ2v) is 5.85. The summed E-state index contributed by atoms with van der Waals surface area (Å²) in [5, 5.41) is 14.1. The van der Waals surface area contributed by atoms with Gasteiger partial charge in [0.2, 0.25) is 11.8 Å². The lowest BCUT2D eigenvalue weighted by Crippen LogP contribution is -2.55. The Morgan fingerprint density at radius 2 is 1.45 bits per heavy atom. The van der Waals surface area contributed by atoms with Crippen molar-refractivity contribution in [3.63, 3.8) is 0 Å². The van der Waals surface area contributed by atoms with Crippen LogP contribution in [-0.2, 0) is 14.4 Å². The highest BCUT2D eigenvalue weighted by Crippen LogP contribution is 2.08. The van der Waals surface area contributed by atoms with Crippen molar-refractivity contribution >= 4 is 17.8 Å². The molecule has 0 rings (SSSR count). The zero-order valence-corrected chi connectivity index (χ0v) is 14.1. The molecule has 0 spiro atoms. The average Bonchev–Trinajstić information content (AvgIpc) is 2.49. The number of nitrogens with one attached hydrogen (secondary N) is 2. The van der Waals surface area contributed by atoms with Gasteiger partial charge in [0.25, 0.3) is 0 Å². The molecular weight excluding hydrogens is 286 g/mol. The van der Waals surface area contributed by atoms with E-state index in [1.807, 2.05) is 20.8 Å². The van der Waals surface area contributed by atoms with Crippen LogP contribution in [0.15, 0.2) is 0 Å². The molecule has 0 saturated heterocycles. The van der Waals surface area contributed by atoms with Crippen molar-refractivity contribution < 1.29 is 19.5 Å². The largest absolute Gasteiger partial charge is 0.480 e. The number of aliphatic carboxylic acids is 1. The average molecular weight is 315 g/mol. The zero-order chi connectivity index (χ0) is 17.4. The van der Waals surface area contributed by atoms with E-state index in [9.17, 15) is 14.4 Å². The van der Waals surface area contributed by atoms with Crippen LogP contribution in [-0.4, -0.2) is 41.0 Å². The maximum Gasteiger partial charge on any atom is 0.326 e. The van der Waals surface area contributed by atoms with E-state index in [1.54, 1.807) is 6.92 Å². The van der Waals surface area contributed by atoms with E-state index < -0.39 is 35.9 Å². The molecule has 0 aromatic heterocycles. The summed E-state index contributed by atoms with van der Waals surface area (Å²) in [5.74, 6) is -2.23. The van der Waals surface area contributed by atoms with Crippen LogP contribution in [0.1, 0.15) is 47.5 Å². The highest BCUT2D eigenvalue weighted by atomic mass is 16.4. The molecule has 0 aliphatic carbocycles. The van der Waals surface area contributed by atoms with Gasteiger partial charge in [0, 0.05) is 0 Å². The van der Waals surface area contributed by atoms with Crippen molar-refractivity contribution in [2.75, 3.05) is 0 Å². The minimum Gasteiger partial charge on any atom is -0.480 e. The zero-order valence-electron chi connectivity index (χ0n) is 14.1. The third-order valence-electron chi connectivity index (χ3n) is 4.09. The molecule has 0 aliphatic rings. The topological polar surface area (TPSA) is 122 Å². The predicted octanol–water partition coefficient (Wildman–Crippen LogP) is 0.480. The number of carboxylic acid groups (broad SMARTS) is 1. The maximum atomic E-state index is 12.0. The first-order chi connectivity index (χ1) is 10.1. The lowest BCUT2D eigenvalue weighted by atomic mass is 9.98. The summed E-state index contributed by atoms with van der Waals surface area (Å²) in [5.41, 5.74) is 5.80. The van der Waals surface area contributed by atoms with Crippen LogP contribution in [0.4, 0.5) is 0 Å². The van der Waals surface area contributed by atoms with Gasteiger partial charge in [-0.2, -0.15) is 0 Å². The van der Waals surface area contributed by atoms with Crippen LogP contribution in [0.2, 0.25) is 0 Å². The van der Waals surface area contributed by atoms with Crippen molar-refractivity contribution in [1.82, 2.24) is 10.6 Å². The van der Waals surface area contributed by atoms with Crippen molar-refractivity contribution in [2.45, 2.75) is 65.6 Å². The summed E-state index contributed by atoms with van der Waals surface area (Å²) >= 11 is 0. The Hall–Kier alpha value is -1.63. The maximum absolute atomic E-state index is 12.0. The van der Waals surface area contributed by atoms with Gasteiger partial charge >= 0.3 is 5.97 Å². The number of carboxylic acids is 1.